The molecule has 3 heteroatoms. The van der Waals surface area contributed by atoms with Crippen LogP contribution in [0.3, 0.4) is 0 Å². The molecule has 3 atom stereocenters. The fraction of sp³-hybridized carbons (Fsp3) is 0.583. The van der Waals surface area contributed by atoms with Crippen molar-refractivity contribution >= 4 is 17.3 Å². The van der Waals surface area contributed by atoms with E-state index in [0.29, 0.717) is 11.8 Å². The Morgan fingerprint density at radius 1 is 1.05 bits per heavy atom. The van der Waals surface area contributed by atoms with Gasteiger partial charge in [0.15, 0.2) is 5.78 Å². The van der Waals surface area contributed by atoms with Gasteiger partial charge in [0.1, 0.15) is 11.6 Å². The maximum atomic E-state index is 13.8. The molecule has 1 aliphatic carbocycles. The number of rotatable bonds is 13. The van der Waals surface area contributed by atoms with E-state index in [2.05, 4.69) is 71.9 Å². The minimum atomic E-state index is -0.106. The molecule has 39 heavy (non-hydrogen) atoms. The second-order valence-corrected chi connectivity index (χ2v) is 13.2. The Kier molecular flexibility index (Phi) is 10.9. The van der Waals surface area contributed by atoms with Crippen molar-refractivity contribution in [1.82, 2.24) is 0 Å². The second-order valence-electron chi connectivity index (χ2n) is 13.2. The molecule has 0 aliphatic heterocycles. The quantitative estimate of drug-likeness (QED) is 0.243. The van der Waals surface area contributed by atoms with Gasteiger partial charge in [-0.15, -0.1) is 0 Å². The second kappa shape index (κ2) is 13.7. The lowest BCUT2D eigenvalue weighted by Gasteiger charge is -2.33. The molecule has 0 saturated heterocycles. The number of fused-ring (bicyclic) bond motifs is 1. The molecule has 2 aromatic carbocycles. The molecule has 1 aliphatic rings. The summed E-state index contributed by atoms with van der Waals surface area (Å²) in [4.78, 5) is 38.5. The van der Waals surface area contributed by atoms with Gasteiger partial charge in [0.2, 0.25) is 0 Å². The minimum absolute atomic E-state index is 0.0283. The van der Waals surface area contributed by atoms with Crippen molar-refractivity contribution in [3.05, 3.63) is 58.7 Å². The third-order valence-corrected chi connectivity index (χ3v) is 8.65. The van der Waals surface area contributed by atoms with Gasteiger partial charge in [-0.1, -0.05) is 83.9 Å². The Bertz CT molecular complexity index is 1150. The van der Waals surface area contributed by atoms with Gasteiger partial charge in [-0.25, -0.2) is 0 Å². The number of ketones is 3. The molecule has 3 rings (SSSR count). The molecule has 0 aromatic heterocycles. The van der Waals surface area contributed by atoms with Gasteiger partial charge in [0, 0.05) is 17.9 Å². The van der Waals surface area contributed by atoms with Gasteiger partial charge in [0.25, 0.3) is 0 Å². The van der Waals surface area contributed by atoms with Gasteiger partial charge in [-0.2, -0.15) is 0 Å². The molecule has 3 unspecified atom stereocenters. The van der Waals surface area contributed by atoms with E-state index < -0.39 is 0 Å². The van der Waals surface area contributed by atoms with E-state index >= 15 is 0 Å². The van der Waals surface area contributed by atoms with Gasteiger partial charge >= 0.3 is 0 Å². The fourth-order valence-electron chi connectivity index (χ4n) is 6.80. The molecular formula is C36H50O3. The molecule has 0 spiro atoms. The predicted molar refractivity (Wildman–Crippen MR) is 162 cm³/mol. The number of carbonyl (C=O) groups excluding carboxylic acids is 3. The summed E-state index contributed by atoms with van der Waals surface area (Å²) in [5.74, 6) is 0.597. The van der Waals surface area contributed by atoms with Gasteiger partial charge < -0.3 is 0 Å². The first kappa shape index (κ1) is 31.0. The lowest BCUT2D eigenvalue weighted by atomic mass is 9.70. The van der Waals surface area contributed by atoms with E-state index in [4.69, 9.17) is 0 Å². The topological polar surface area (TPSA) is 51.2 Å². The van der Waals surface area contributed by atoms with Gasteiger partial charge in [0.05, 0.1) is 6.42 Å². The number of hydrogen-bond acceptors (Lipinski definition) is 3. The van der Waals surface area contributed by atoms with Crippen LogP contribution in [0.15, 0.2) is 36.4 Å². The van der Waals surface area contributed by atoms with Crippen molar-refractivity contribution in [3.63, 3.8) is 0 Å². The van der Waals surface area contributed by atoms with Crippen molar-refractivity contribution in [3.8, 4) is 11.1 Å². The van der Waals surface area contributed by atoms with Crippen LogP contribution in [0.25, 0.3) is 11.1 Å². The predicted octanol–water partition coefficient (Wildman–Crippen LogP) is 9.16. The van der Waals surface area contributed by atoms with E-state index in [1.54, 1.807) is 0 Å². The first-order valence-corrected chi connectivity index (χ1v) is 15.2. The van der Waals surface area contributed by atoms with Crippen LogP contribution in [0.2, 0.25) is 0 Å². The van der Waals surface area contributed by atoms with Crippen LogP contribution in [0.5, 0.6) is 0 Å². The van der Waals surface area contributed by atoms with Crippen LogP contribution < -0.4 is 0 Å². The molecule has 0 heterocycles. The van der Waals surface area contributed by atoms with E-state index in [0.717, 1.165) is 62.5 Å². The highest BCUT2D eigenvalue weighted by atomic mass is 16.1. The highest BCUT2D eigenvalue weighted by molar-refractivity contribution is 6.02. The Hall–Kier alpha value is -2.55. The summed E-state index contributed by atoms with van der Waals surface area (Å²) in [5, 5.41) is 0. The van der Waals surface area contributed by atoms with Crippen LogP contribution in [0.4, 0.5) is 0 Å². The lowest BCUT2D eigenvalue weighted by Crippen LogP contribution is -2.30. The van der Waals surface area contributed by atoms with Crippen LogP contribution in [0.1, 0.15) is 120 Å². The minimum Gasteiger partial charge on any atom is -0.300 e. The molecule has 0 fully saturated rings. The normalized spacial score (nSPS) is 17.0. The molecule has 212 valence electrons. The Morgan fingerprint density at radius 2 is 1.74 bits per heavy atom. The summed E-state index contributed by atoms with van der Waals surface area (Å²) in [6, 6.07) is 12.9. The average molecular weight is 531 g/mol. The highest BCUT2D eigenvalue weighted by Crippen LogP contribution is 2.41. The molecule has 0 N–H and O–H groups in total. The summed E-state index contributed by atoms with van der Waals surface area (Å²) in [6.45, 7) is 14.7. The number of hydrogen-bond donors (Lipinski definition) is 0. The fourth-order valence-corrected chi connectivity index (χ4v) is 6.80. The zero-order chi connectivity index (χ0) is 28.7. The maximum absolute atomic E-state index is 13.8. The Balaban J connectivity index is 1.97. The summed E-state index contributed by atoms with van der Waals surface area (Å²) in [5.41, 5.74) is 7.27. The zero-order valence-electron chi connectivity index (χ0n) is 25.5. The van der Waals surface area contributed by atoms with Crippen LogP contribution in [-0.4, -0.2) is 17.3 Å². The molecule has 0 bridgehead atoms. The van der Waals surface area contributed by atoms with E-state index in [9.17, 15) is 14.4 Å². The standard InChI is InChI=1S/C36H50O3/c1-8-14-29(30(9-2)33(38)19-24(3)37)20-26-21-32-31(27-15-11-10-12-16-27)23-28(17-13-18-36(5,6)7)25(4)35(32)34(39)22-26/h10-12,15-16,23,26,29-30H,8-9,13-14,17-22H2,1-7H3. The van der Waals surface area contributed by atoms with Crippen LogP contribution >= 0.6 is 0 Å². The van der Waals surface area contributed by atoms with Crippen molar-refractivity contribution in [1.29, 1.82) is 0 Å². The van der Waals surface area contributed by atoms with Gasteiger partial charge in [-0.3, -0.25) is 14.4 Å². The van der Waals surface area contributed by atoms with E-state index in [1.165, 1.54) is 29.2 Å². The summed E-state index contributed by atoms with van der Waals surface area (Å²) < 4.78 is 0. The van der Waals surface area contributed by atoms with Crippen LogP contribution in [0, 0.1) is 30.1 Å². The van der Waals surface area contributed by atoms with Crippen LogP contribution in [-0.2, 0) is 22.4 Å². The molecule has 3 nitrogen and oxygen atoms in total. The largest absolute Gasteiger partial charge is 0.300 e. The molecule has 2 aromatic rings. The molecular weight excluding hydrogens is 480 g/mol. The Morgan fingerprint density at radius 3 is 2.33 bits per heavy atom. The highest BCUT2D eigenvalue weighted by Gasteiger charge is 2.34. The first-order valence-electron chi connectivity index (χ1n) is 15.2. The summed E-state index contributed by atoms with van der Waals surface area (Å²) >= 11 is 0. The van der Waals surface area contributed by atoms with Crippen molar-refractivity contribution in [2.75, 3.05) is 0 Å². The monoisotopic (exact) mass is 530 g/mol. The molecule has 0 saturated carbocycles. The smallest absolute Gasteiger partial charge is 0.163 e. The number of carbonyl (C=O) groups is 3. The van der Waals surface area contributed by atoms with Gasteiger partial charge in [-0.05, 0) is 97.4 Å². The molecule has 0 radical (unpaired) electrons. The zero-order valence-corrected chi connectivity index (χ0v) is 25.5. The maximum Gasteiger partial charge on any atom is 0.163 e. The Labute approximate surface area is 237 Å². The van der Waals surface area contributed by atoms with E-state index in [1.807, 2.05) is 6.07 Å². The third kappa shape index (κ3) is 8.22. The van der Waals surface area contributed by atoms with Crippen molar-refractivity contribution in [2.45, 2.75) is 113 Å². The number of aryl methyl sites for hydroxylation is 1. The number of Topliss-reactive ketones (excluding diaryl/α,β-unsaturated/α-hetero) is 3. The first-order chi connectivity index (χ1) is 18.4. The van der Waals surface area contributed by atoms with E-state index in [-0.39, 0.29) is 41.5 Å². The third-order valence-electron chi connectivity index (χ3n) is 8.65. The molecule has 0 amide bonds. The summed E-state index contributed by atoms with van der Waals surface area (Å²) in [7, 11) is 0. The van der Waals surface area contributed by atoms with Crippen molar-refractivity contribution in [2.24, 2.45) is 23.2 Å². The SMILES string of the molecule is CCCC(CC1CC(=O)c2c(C)c(CCCC(C)(C)C)cc(-c3ccccc3)c2C1)C(CC)C(=O)CC(C)=O. The lowest BCUT2D eigenvalue weighted by molar-refractivity contribution is -0.129. The summed E-state index contributed by atoms with van der Waals surface area (Å²) in [6.07, 6.45) is 8.26. The number of benzene rings is 2. The van der Waals surface area contributed by atoms with Crippen molar-refractivity contribution < 1.29 is 14.4 Å². The average Bonchev–Trinajstić information content (AvgIpc) is 2.85.